The second kappa shape index (κ2) is 6.47. The molecule has 3 heteroatoms. The zero-order chi connectivity index (χ0) is 16.4. The first-order valence-electron chi connectivity index (χ1n) is 8.21. The van der Waals surface area contributed by atoms with Gasteiger partial charge in [-0.3, -0.25) is 0 Å². The molecule has 120 valence electrons. The van der Waals surface area contributed by atoms with E-state index in [2.05, 4.69) is 42.7 Å². The number of phenols is 1. The van der Waals surface area contributed by atoms with E-state index >= 15 is 0 Å². The van der Waals surface area contributed by atoms with Crippen LogP contribution in [0.1, 0.15) is 29.7 Å². The van der Waals surface area contributed by atoms with E-state index in [0.717, 1.165) is 13.0 Å². The van der Waals surface area contributed by atoms with Crippen molar-refractivity contribution in [1.29, 1.82) is 0 Å². The Labute approximate surface area is 137 Å². The molecule has 3 rings (SSSR count). The van der Waals surface area contributed by atoms with Gasteiger partial charge in [-0.1, -0.05) is 30.3 Å². The largest absolute Gasteiger partial charge is 0.508 e. The summed E-state index contributed by atoms with van der Waals surface area (Å²) in [7, 11) is 0. The van der Waals surface area contributed by atoms with Gasteiger partial charge in [-0.25, -0.2) is 0 Å². The van der Waals surface area contributed by atoms with Crippen molar-refractivity contribution in [3.8, 4) is 5.75 Å². The molecule has 0 amide bonds. The number of aromatic nitrogens is 1. The van der Waals surface area contributed by atoms with Gasteiger partial charge in [-0.2, -0.15) is 0 Å². The van der Waals surface area contributed by atoms with Gasteiger partial charge in [0.25, 0.3) is 0 Å². The first-order chi connectivity index (χ1) is 11.2. The number of rotatable bonds is 5. The monoisotopic (exact) mass is 308 g/mol. The number of nitrogens with two attached hydrogens (primary N) is 1. The molecule has 23 heavy (non-hydrogen) atoms. The normalized spacial score (nSPS) is 12.7. The molecule has 1 unspecified atom stereocenters. The average molecular weight is 308 g/mol. The fourth-order valence-electron chi connectivity index (χ4n) is 3.50. The van der Waals surface area contributed by atoms with Crippen molar-refractivity contribution in [2.45, 2.75) is 32.7 Å². The molecule has 0 radical (unpaired) electrons. The number of hydrogen-bond donors (Lipinski definition) is 2. The highest BCUT2D eigenvalue weighted by Gasteiger charge is 2.18. The van der Waals surface area contributed by atoms with E-state index in [4.69, 9.17) is 5.73 Å². The summed E-state index contributed by atoms with van der Waals surface area (Å²) in [6.07, 6.45) is 0.917. The van der Waals surface area contributed by atoms with Gasteiger partial charge in [0.15, 0.2) is 0 Å². The lowest BCUT2D eigenvalue weighted by Gasteiger charge is -2.16. The van der Waals surface area contributed by atoms with Crippen molar-refractivity contribution >= 4 is 10.9 Å². The predicted octanol–water partition coefficient (Wildman–Crippen LogP) is 3.96. The molecule has 2 aromatic carbocycles. The van der Waals surface area contributed by atoms with Crippen LogP contribution in [0.3, 0.4) is 0 Å². The molecule has 0 fully saturated rings. The first kappa shape index (κ1) is 15.6. The van der Waals surface area contributed by atoms with Gasteiger partial charge in [-0.05, 0) is 56.1 Å². The van der Waals surface area contributed by atoms with Crippen molar-refractivity contribution in [3.05, 3.63) is 65.4 Å². The van der Waals surface area contributed by atoms with Gasteiger partial charge in [0.1, 0.15) is 5.75 Å². The second-order valence-electron chi connectivity index (χ2n) is 6.05. The van der Waals surface area contributed by atoms with Gasteiger partial charge in [0.2, 0.25) is 0 Å². The van der Waals surface area contributed by atoms with E-state index in [1.807, 2.05) is 12.1 Å². The van der Waals surface area contributed by atoms with Crippen LogP contribution in [0.5, 0.6) is 5.75 Å². The zero-order valence-corrected chi connectivity index (χ0v) is 13.8. The van der Waals surface area contributed by atoms with Crippen molar-refractivity contribution in [2.75, 3.05) is 6.54 Å². The first-order valence-corrected chi connectivity index (χ1v) is 8.21. The van der Waals surface area contributed by atoms with Gasteiger partial charge < -0.3 is 15.4 Å². The Morgan fingerprint density at radius 2 is 1.78 bits per heavy atom. The molecule has 0 saturated heterocycles. The summed E-state index contributed by atoms with van der Waals surface area (Å²) < 4.78 is 2.37. The molecule has 3 nitrogen and oxygen atoms in total. The van der Waals surface area contributed by atoms with Crippen LogP contribution in [0.25, 0.3) is 10.9 Å². The highest BCUT2D eigenvalue weighted by atomic mass is 16.3. The summed E-state index contributed by atoms with van der Waals surface area (Å²) in [5, 5.41) is 10.8. The van der Waals surface area contributed by atoms with Crippen molar-refractivity contribution in [2.24, 2.45) is 5.73 Å². The molecule has 0 aliphatic rings. The number of fused-ring (bicyclic) bond motifs is 1. The zero-order valence-electron chi connectivity index (χ0n) is 13.8. The minimum absolute atomic E-state index is 0.255. The Kier molecular flexibility index (Phi) is 4.39. The van der Waals surface area contributed by atoms with Gasteiger partial charge in [0, 0.05) is 29.1 Å². The molecule has 3 aromatic rings. The summed E-state index contributed by atoms with van der Waals surface area (Å²) in [5.41, 5.74) is 11.2. The second-order valence-corrected chi connectivity index (χ2v) is 6.05. The topological polar surface area (TPSA) is 51.2 Å². The molecular weight excluding hydrogens is 284 g/mol. The maximum absolute atomic E-state index is 9.49. The van der Waals surface area contributed by atoms with E-state index in [1.54, 1.807) is 12.1 Å². The molecule has 1 atom stereocenters. The van der Waals surface area contributed by atoms with Crippen LogP contribution < -0.4 is 5.73 Å². The van der Waals surface area contributed by atoms with Crippen LogP contribution in [0.4, 0.5) is 0 Å². The molecule has 1 aromatic heterocycles. The molecule has 0 aliphatic carbocycles. The molecule has 0 spiro atoms. The van der Waals surface area contributed by atoms with E-state index in [1.165, 1.54) is 27.7 Å². The molecule has 0 bridgehead atoms. The average Bonchev–Trinajstić information content (AvgIpc) is 2.85. The Balaban J connectivity index is 2.03. The number of phenolic OH excluding ortho intramolecular Hbond substituents is 1. The highest BCUT2D eigenvalue weighted by Crippen LogP contribution is 2.31. The van der Waals surface area contributed by atoms with Crippen molar-refractivity contribution in [3.63, 3.8) is 0 Å². The van der Waals surface area contributed by atoms with Gasteiger partial charge in [0.05, 0.1) is 0 Å². The smallest absolute Gasteiger partial charge is 0.115 e. The van der Waals surface area contributed by atoms with Crippen LogP contribution in [0.2, 0.25) is 0 Å². The molecular formula is C20H24N2O. The standard InChI is InChI=1S/C20H24N2O/c1-3-22-14(2)19(18-6-4-5-7-20(18)22)12-16(13-21)15-8-10-17(23)11-9-15/h4-11,16,23H,3,12-13,21H2,1-2H3. The summed E-state index contributed by atoms with van der Waals surface area (Å²) in [6, 6.07) is 16.0. The number of aryl methyl sites for hydroxylation is 1. The molecule has 3 N–H and O–H groups in total. The van der Waals surface area contributed by atoms with Crippen LogP contribution in [-0.2, 0) is 13.0 Å². The Bertz CT molecular complexity index is 802. The Morgan fingerprint density at radius 1 is 1.09 bits per heavy atom. The quantitative estimate of drug-likeness (QED) is 0.749. The maximum Gasteiger partial charge on any atom is 0.115 e. The van der Waals surface area contributed by atoms with Gasteiger partial charge in [-0.15, -0.1) is 0 Å². The highest BCUT2D eigenvalue weighted by molar-refractivity contribution is 5.85. The van der Waals surface area contributed by atoms with Crippen molar-refractivity contribution in [1.82, 2.24) is 4.57 Å². The van der Waals surface area contributed by atoms with E-state index in [9.17, 15) is 5.11 Å². The fraction of sp³-hybridized carbons (Fsp3) is 0.300. The van der Waals surface area contributed by atoms with Crippen molar-refractivity contribution < 1.29 is 5.11 Å². The third kappa shape index (κ3) is 2.84. The van der Waals surface area contributed by atoms with Crippen LogP contribution in [0, 0.1) is 6.92 Å². The van der Waals surface area contributed by atoms with Crippen LogP contribution in [-0.4, -0.2) is 16.2 Å². The van der Waals surface area contributed by atoms with E-state index in [-0.39, 0.29) is 5.92 Å². The maximum atomic E-state index is 9.49. The minimum atomic E-state index is 0.255. The number of hydrogen-bond acceptors (Lipinski definition) is 2. The lowest BCUT2D eigenvalue weighted by atomic mass is 9.91. The number of nitrogens with zero attached hydrogens (tertiary/aromatic N) is 1. The number of benzene rings is 2. The summed E-state index contributed by atoms with van der Waals surface area (Å²) in [4.78, 5) is 0. The van der Waals surface area contributed by atoms with E-state index in [0.29, 0.717) is 12.3 Å². The van der Waals surface area contributed by atoms with E-state index < -0.39 is 0 Å². The summed E-state index contributed by atoms with van der Waals surface area (Å²) in [5.74, 6) is 0.550. The summed E-state index contributed by atoms with van der Waals surface area (Å²) in [6.45, 7) is 5.95. The number of para-hydroxylation sites is 1. The summed E-state index contributed by atoms with van der Waals surface area (Å²) >= 11 is 0. The lowest BCUT2D eigenvalue weighted by Crippen LogP contribution is -2.15. The fourth-order valence-corrected chi connectivity index (χ4v) is 3.50. The Hall–Kier alpha value is -2.26. The third-order valence-corrected chi connectivity index (χ3v) is 4.78. The number of aromatic hydroxyl groups is 1. The van der Waals surface area contributed by atoms with Crippen LogP contribution >= 0.6 is 0 Å². The molecule has 0 aliphatic heterocycles. The third-order valence-electron chi connectivity index (χ3n) is 4.78. The molecule has 1 heterocycles. The molecule has 0 saturated carbocycles. The predicted molar refractivity (Wildman–Crippen MR) is 96.0 cm³/mol. The van der Waals surface area contributed by atoms with Gasteiger partial charge >= 0.3 is 0 Å². The Morgan fingerprint density at radius 3 is 2.43 bits per heavy atom. The van der Waals surface area contributed by atoms with Crippen LogP contribution in [0.15, 0.2) is 48.5 Å². The lowest BCUT2D eigenvalue weighted by molar-refractivity contribution is 0.475. The SMILES string of the molecule is CCn1c(C)c(CC(CN)c2ccc(O)cc2)c2ccccc21. The minimum Gasteiger partial charge on any atom is -0.508 e.